The average molecular weight is 104 g/mol. The molecule has 0 fully saturated rings. The number of rotatable bonds is 1. The van der Waals surface area contributed by atoms with Crippen LogP contribution in [-0.2, 0) is 0 Å². The highest BCUT2D eigenvalue weighted by Crippen LogP contribution is 1.88. The van der Waals surface area contributed by atoms with Gasteiger partial charge in [0, 0.05) is 12.1 Å². The summed E-state index contributed by atoms with van der Waals surface area (Å²) in [5.41, 5.74) is 10.4. The first-order chi connectivity index (χ1) is 2.56. The SMILES string of the molecule is C.CC(C)(N)CN. The molecule has 0 aliphatic rings. The third kappa shape index (κ3) is 10.7. The molecule has 0 spiro atoms. The molecule has 0 heterocycles. The van der Waals surface area contributed by atoms with Gasteiger partial charge < -0.3 is 11.5 Å². The van der Waals surface area contributed by atoms with Gasteiger partial charge in [0.05, 0.1) is 0 Å². The lowest BCUT2D eigenvalue weighted by atomic mass is 10.1. The fourth-order valence-electron chi connectivity index (χ4n) is 0. The maximum Gasteiger partial charge on any atom is 0.0221 e. The Bertz CT molecular complexity index is 35.8. The van der Waals surface area contributed by atoms with Gasteiger partial charge in [0.25, 0.3) is 0 Å². The van der Waals surface area contributed by atoms with Crippen molar-refractivity contribution < 1.29 is 0 Å². The first kappa shape index (κ1) is 10.0. The molecular formula is C5H16N2. The Morgan fingerprint density at radius 3 is 1.57 bits per heavy atom. The van der Waals surface area contributed by atoms with Crippen molar-refractivity contribution in [2.75, 3.05) is 6.54 Å². The first-order valence-electron chi connectivity index (χ1n) is 2.05. The van der Waals surface area contributed by atoms with Crippen LogP contribution < -0.4 is 11.5 Å². The highest BCUT2D eigenvalue weighted by Gasteiger charge is 2.04. The maximum absolute atomic E-state index is 5.41. The van der Waals surface area contributed by atoms with Gasteiger partial charge >= 0.3 is 0 Å². The highest BCUT2D eigenvalue weighted by atomic mass is 14.8. The molecule has 0 aliphatic carbocycles. The molecule has 0 rings (SSSR count). The Kier molecular flexibility index (Phi) is 4.28. The van der Waals surface area contributed by atoms with Gasteiger partial charge in [0.1, 0.15) is 0 Å². The molecule has 46 valence electrons. The second-order valence-electron chi connectivity index (χ2n) is 2.19. The first-order valence-corrected chi connectivity index (χ1v) is 2.05. The summed E-state index contributed by atoms with van der Waals surface area (Å²) in [6.45, 7) is 4.34. The molecule has 0 aromatic rings. The summed E-state index contributed by atoms with van der Waals surface area (Å²) in [5, 5.41) is 0. The lowest BCUT2D eigenvalue weighted by molar-refractivity contribution is 0.532. The quantitative estimate of drug-likeness (QED) is 0.503. The van der Waals surface area contributed by atoms with E-state index in [1.807, 2.05) is 13.8 Å². The zero-order valence-corrected chi connectivity index (χ0v) is 4.36. The van der Waals surface area contributed by atoms with Gasteiger partial charge in [-0.15, -0.1) is 0 Å². The minimum atomic E-state index is -0.181. The zero-order valence-electron chi connectivity index (χ0n) is 4.36. The Balaban J connectivity index is 0. The second kappa shape index (κ2) is 2.99. The van der Waals surface area contributed by atoms with Gasteiger partial charge in [-0.2, -0.15) is 0 Å². The Morgan fingerprint density at radius 2 is 1.57 bits per heavy atom. The van der Waals surface area contributed by atoms with E-state index in [2.05, 4.69) is 0 Å². The van der Waals surface area contributed by atoms with Crippen molar-refractivity contribution in [3.8, 4) is 0 Å². The van der Waals surface area contributed by atoms with Crippen LogP contribution in [0.1, 0.15) is 21.3 Å². The lowest BCUT2D eigenvalue weighted by Crippen LogP contribution is -2.40. The van der Waals surface area contributed by atoms with Crippen LogP contribution in [0.3, 0.4) is 0 Å². The van der Waals surface area contributed by atoms with E-state index in [9.17, 15) is 0 Å². The second-order valence-corrected chi connectivity index (χ2v) is 2.19. The molecule has 2 heteroatoms. The fourth-order valence-corrected chi connectivity index (χ4v) is 0. The van der Waals surface area contributed by atoms with Gasteiger partial charge in [0.15, 0.2) is 0 Å². The molecule has 0 saturated carbocycles. The van der Waals surface area contributed by atoms with Crippen molar-refractivity contribution >= 4 is 0 Å². The molecule has 0 aromatic carbocycles. The molecule has 0 atom stereocenters. The summed E-state index contributed by atoms with van der Waals surface area (Å²) in [4.78, 5) is 0. The molecule has 0 unspecified atom stereocenters. The van der Waals surface area contributed by atoms with E-state index in [1.54, 1.807) is 0 Å². The smallest absolute Gasteiger partial charge is 0.0221 e. The molecule has 0 aromatic heterocycles. The number of hydrogen-bond acceptors (Lipinski definition) is 2. The Morgan fingerprint density at radius 1 is 1.43 bits per heavy atom. The van der Waals surface area contributed by atoms with Gasteiger partial charge in [-0.1, -0.05) is 7.43 Å². The van der Waals surface area contributed by atoms with Crippen molar-refractivity contribution in [2.24, 2.45) is 11.5 Å². The topological polar surface area (TPSA) is 52.0 Å². The van der Waals surface area contributed by atoms with E-state index < -0.39 is 0 Å². The van der Waals surface area contributed by atoms with Crippen LogP contribution in [0.25, 0.3) is 0 Å². The largest absolute Gasteiger partial charge is 0.329 e. The molecule has 0 bridgehead atoms. The summed E-state index contributed by atoms with van der Waals surface area (Å²) >= 11 is 0. The molecule has 0 amide bonds. The molecule has 0 radical (unpaired) electrons. The van der Waals surface area contributed by atoms with E-state index in [1.165, 1.54) is 0 Å². The third-order valence-electron chi connectivity index (χ3n) is 0.526. The molecule has 0 aliphatic heterocycles. The van der Waals surface area contributed by atoms with Crippen LogP contribution in [-0.4, -0.2) is 12.1 Å². The summed E-state index contributed by atoms with van der Waals surface area (Å²) in [7, 11) is 0. The van der Waals surface area contributed by atoms with Crippen LogP contribution in [0.15, 0.2) is 0 Å². The van der Waals surface area contributed by atoms with Crippen molar-refractivity contribution in [2.45, 2.75) is 26.8 Å². The monoisotopic (exact) mass is 104 g/mol. The van der Waals surface area contributed by atoms with Crippen LogP contribution >= 0.6 is 0 Å². The number of hydrogen-bond donors (Lipinski definition) is 2. The van der Waals surface area contributed by atoms with E-state index in [-0.39, 0.29) is 13.0 Å². The van der Waals surface area contributed by atoms with E-state index >= 15 is 0 Å². The van der Waals surface area contributed by atoms with Gasteiger partial charge in [-0.3, -0.25) is 0 Å². The fraction of sp³-hybridized carbons (Fsp3) is 1.00. The van der Waals surface area contributed by atoms with Gasteiger partial charge in [-0.25, -0.2) is 0 Å². The number of nitrogens with two attached hydrogens (primary N) is 2. The summed E-state index contributed by atoms with van der Waals surface area (Å²) in [5.74, 6) is 0. The third-order valence-corrected chi connectivity index (χ3v) is 0.526. The minimum absolute atomic E-state index is 0. The van der Waals surface area contributed by atoms with Crippen LogP contribution in [0.4, 0.5) is 0 Å². The lowest BCUT2D eigenvalue weighted by Gasteiger charge is -2.13. The van der Waals surface area contributed by atoms with Crippen molar-refractivity contribution in [1.82, 2.24) is 0 Å². The van der Waals surface area contributed by atoms with E-state index in [0.29, 0.717) is 6.54 Å². The van der Waals surface area contributed by atoms with Gasteiger partial charge in [-0.05, 0) is 13.8 Å². The maximum atomic E-state index is 5.41. The van der Waals surface area contributed by atoms with Crippen LogP contribution in [0, 0.1) is 0 Å². The molecule has 7 heavy (non-hydrogen) atoms. The standard InChI is InChI=1S/C4H12N2.CH4/c1-4(2,6)3-5;/h3,5-6H2,1-2H3;1H4. The molecular weight excluding hydrogens is 88.1 g/mol. The van der Waals surface area contributed by atoms with Crippen molar-refractivity contribution in [1.29, 1.82) is 0 Å². The Hall–Kier alpha value is -0.0800. The predicted octanol–water partition coefficient (Wildman–Crippen LogP) is 0.319. The van der Waals surface area contributed by atoms with E-state index in [0.717, 1.165) is 0 Å². The average Bonchev–Trinajstić information content (AvgIpc) is 1.35. The van der Waals surface area contributed by atoms with E-state index in [4.69, 9.17) is 11.5 Å². The molecule has 2 nitrogen and oxygen atoms in total. The Labute approximate surface area is 45.9 Å². The van der Waals surface area contributed by atoms with Crippen LogP contribution in [0.2, 0.25) is 0 Å². The van der Waals surface area contributed by atoms with Gasteiger partial charge in [0.2, 0.25) is 0 Å². The predicted molar refractivity (Wildman–Crippen MR) is 34.1 cm³/mol. The van der Waals surface area contributed by atoms with Crippen LogP contribution in [0.5, 0.6) is 0 Å². The normalized spacial score (nSPS) is 10.3. The summed E-state index contributed by atoms with van der Waals surface area (Å²) < 4.78 is 0. The van der Waals surface area contributed by atoms with Crippen molar-refractivity contribution in [3.05, 3.63) is 0 Å². The summed E-state index contributed by atoms with van der Waals surface area (Å²) in [6, 6.07) is 0. The molecule has 0 saturated heterocycles. The van der Waals surface area contributed by atoms with Crippen molar-refractivity contribution in [3.63, 3.8) is 0 Å². The highest BCUT2D eigenvalue weighted by molar-refractivity contribution is 4.70. The minimum Gasteiger partial charge on any atom is -0.329 e. The molecule has 4 N–H and O–H groups in total. The summed E-state index contributed by atoms with van der Waals surface area (Å²) in [6.07, 6.45) is 0. The zero-order chi connectivity index (χ0) is 5.21.